The highest BCUT2D eigenvalue weighted by Crippen LogP contribution is 2.31. The lowest BCUT2D eigenvalue weighted by Gasteiger charge is -2.17. The van der Waals surface area contributed by atoms with Crippen molar-refractivity contribution in [1.82, 2.24) is 9.97 Å². The molecule has 3 aromatic rings. The van der Waals surface area contributed by atoms with E-state index in [1.807, 2.05) is 30.3 Å². The Kier molecular flexibility index (Phi) is 7.64. The first-order chi connectivity index (χ1) is 15.6. The van der Waals surface area contributed by atoms with Crippen molar-refractivity contribution in [3.05, 3.63) is 71.3 Å². The van der Waals surface area contributed by atoms with Gasteiger partial charge in [-0.25, -0.2) is 9.78 Å². The van der Waals surface area contributed by atoms with Crippen molar-refractivity contribution < 1.29 is 27.8 Å². The molecule has 7 nitrogen and oxygen atoms in total. The fraction of sp³-hybridized carbons (Fsp3) is 0.227. The van der Waals surface area contributed by atoms with E-state index in [9.17, 15) is 23.1 Å². The lowest BCUT2D eigenvalue weighted by Crippen LogP contribution is -2.18. The minimum absolute atomic E-state index is 0.0708. The molecule has 3 rings (SSSR count). The Labute approximate surface area is 192 Å². The molecule has 0 bridgehead atoms. The molecule has 2 aromatic carbocycles. The third-order valence-electron chi connectivity index (χ3n) is 4.31. The van der Waals surface area contributed by atoms with E-state index in [-0.39, 0.29) is 23.7 Å². The maximum atomic E-state index is 12.3. The number of benzene rings is 2. The molecule has 0 saturated carbocycles. The molecule has 174 valence electrons. The number of carboxylic acid groups (broad SMARTS) is 1. The maximum Gasteiger partial charge on any atom is 0.573 e. The normalized spacial score (nSPS) is 11.2. The number of thioether (sulfide) groups is 1. The van der Waals surface area contributed by atoms with Crippen LogP contribution in [0.5, 0.6) is 5.75 Å². The van der Waals surface area contributed by atoms with E-state index >= 15 is 0 Å². The van der Waals surface area contributed by atoms with Crippen LogP contribution < -0.4 is 15.0 Å². The van der Waals surface area contributed by atoms with Gasteiger partial charge in [-0.05, 0) is 23.3 Å². The fourth-order valence-corrected chi connectivity index (χ4v) is 3.75. The predicted molar refractivity (Wildman–Crippen MR) is 120 cm³/mol. The summed E-state index contributed by atoms with van der Waals surface area (Å²) in [7, 11) is 3.48. The molecule has 0 spiro atoms. The molecule has 2 N–H and O–H groups in total. The van der Waals surface area contributed by atoms with Gasteiger partial charge in [0.1, 0.15) is 22.2 Å². The van der Waals surface area contributed by atoms with Crippen LogP contribution in [0.4, 0.5) is 24.9 Å². The monoisotopic (exact) mass is 478 g/mol. The topological polar surface area (TPSA) is 87.6 Å². The largest absolute Gasteiger partial charge is 0.573 e. The highest BCUT2D eigenvalue weighted by Gasteiger charge is 2.31. The van der Waals surface area contributed by atoms with Crippen molar-refractivity contribution in [1.29, 1.82) is 0 Å². The molecular formula is C22H21F3N4O3S. The summed E-state index contributed by atoms with van der Waals surface area (Å²) >= 11 is 1.28. The quantitative estimate of drug-likeness (QED) is 0.327. The van der Waals surface area contributed by atoms with Gasteiger partial charge in [0.25, 0.3) is 0 Å². The van der Waals surface area contributed by atoms with Crippen LogP contribution in [0.15, 0.2) is 59.6 Å². The van der Waals surface area contributed by atoms with Gasteiger partial charge >= 0.3 is 12.3 Å². The zero-order valence-corrected chi connectivity index (χ0v) is 18.6. The van der Waals surface area contributed by atoms with Crippen molar-refractivity contribution in [3.8, 4) is 5.75 Å². The minimum Gasteiger partial charge on any atom is -0.477 e. The van der Waals surface area contributed by atoms with E-state index in [2.05, 4.69) is 20.0 Å². The molecule has 33 heavy (non-hydrogen) atoms. The molecular weight excluding hydrogens is 457 g/mol. The Hall–Kier alpha value is -3.47. The van der Waals surface area contributed by atoms with Gasteiger partial charge < -0.3 is 20.1 Å². The van der Waals surface area contributed by atoms with Gasteiger partial charge in [-0.2, -0.15) is 4.98 Å². The molecule has 0 aliphatic heterocycles. The summed E-state index contributed by atoms with van der Waals surface area (Å²) in [4.78, 5) is 22.4. The number of carboxylic acids is 1. The summed E-state index contributed by atoms with van der Waals surface area (Å²) in [6, 6.07) is 14.9. The number of ether oxygens (including phenoxy) is 1. The second-order valence-electron chi connectivity index (χ2n) is 7.07. The second-order valence-corrected chi connectivity index (χ2v) is 8.04. The van der Waals surface area contributed by atoms with E-state index < -0.39 is 12.3 Å². The average Bonchev–Trinajstić information content (AvgIpc) is 2.76. The number of carbonyl (C=O) groups is 1. The molecule has 0 amide bonds. The summed E-state index contributed by atoms with van der Waals surface area (Å²) in [6.45, 7) is 0.138. The third-order valence-corrected chi connectivity index (χ3v) is 5.36. The van der Waals surface area contributed by atoms with Crippen molar-refractivity contribution in [3.63, 3.8) is 0 Å². The number of nitrogens with one attached hydrogen (secondary N) is 1. The molecule has 1 aromatic heterocycles. The van der Waals surface area contributed by atoms with E-state index in [0.29, 0.717) is 22.3 Å². The smallest absolute Gasteiger partial charge is 0.477 e. The Morgan fingerprint density at radius 3 is 2.30 bits per heavy atom. The number of halogens is 3. The van der Waals surface area contributed by atoms with Crippen LogP contribution in [-0.4, -0.2) is 41.5 Å². The summed E-state index contributed by atoms with van der Waals surface area (Å²) in [6.07, 6.45) is -4.77. The first kappa shape index (κ1) is 24.2. The van der Waals surface area contributed by atoms with Crippen LogP contribution >= 0.6 is 11.8 Å². The molecule has 0 aliphatic carbocycles. The van der Waals surface area contributed by atoms with Crippen LogP contribution in [0.2, 0.25) is 0 Å². The number of nitrogens with zero attached hydrogens (tertiary/aromatic N) is 3. The molecule has 0 unspecified atom stereocenters. The third kappa shape index (κ3) is 7.01. The number of anilines is 2. The van der Waals surface area contributed by atoms with Crippen LogP contribution in [0.3, 0.4) is 0 Å². The Morgan fingerprint density at radius 1 is 1.06 bits per heavy atom. The van der Waals surface area contributed by atoms with E-state index in [1.54, 1.807) is 19.0 Å². The summed E-state index contributed by atoms with van der Waals surface area (Å²) in [5.74, 6) is -0.564. The number of hydrogen-bond donors (Lipinski definition) is 2. The Morgan fingerprint density at radius 2 is 1.73 bits per heavy atom. The lowest BCUT2D eigenvalue weighted by molar-refractivity contribution is -0.274. The SMILES string of the molecule is CN(C)c1nc(NCc2ccc(OC(F)(F)F)cc2)c(C(=O)O)c(SCc2ccccc2)n1. The van der Waals surface area contributed by atoms with Crippen molar-refractivity contribution in [2.24, 2.45) is 0 Å². The number of rotatable bonds is 9. The van der Waals surface area contributed by atoms with E-state index in [4.69, 9.17) is 0 Å². The predicted octanol–water partition coefficient (Wildman–Crippen LogP) is 5.04. The summed E-state index contributed by atoms with van der Waals surface area (Å²) in [5, 5.41) is 13.1. The molecule has 11 heteroatoms. The van der Waals surface area contributed by atoms with Gasteiger partial charge in [-0.15, -0.1) is 24.9 Å². The van der Waals surface area contributed by atoms with Crippen LogP contribution in [-0.2, 0) is 12.3 Å². The zero-order chi connectivity index (χ0) is 24.0. The minimum atomic E-state index is -4.77. The molecule has 0 saturated heterocycles. The highest BCUT2D eigenvalue weighted by atomic mass is 32.2. The zero-order valence-electron chi connectivity index (χ0n) is 17.8. The molecule has 0 radical (unpaired) electrons. The number of alkyl halides is 3. The summed E-state index contributed by atoms with van der Waals surface area (Å²) < 4.78 is 40.9. The van der Waals surface area contributed by atoms with Crippen molar-refractivity contribution in [2.45, 2.75) is 23.7 Å². The maximum absolute atomic E-state index is 12.3. The lowest BCUT2D eigenvalue weighted by atomic mass is 10.2. The summed E-state index contributed by atoms with van der Waals surface area (Å²) in [5.41, 5.74) is 1.56. The standard InChI is InChI=1S/C22H21F3N4O3S/c1-29(2)21-27-18(26-12-14-8-10-16(11-9-14)32-22(23,24)25)17(20(30)31)19(28-21)33-13-15-6-4-3-5-7-15/h3-11H,12-13H2,1-2H3,(H,30,31)(H,26,27,28). The van der Waals surface area contributed by atoms with E-state index in [1.165, 1.54) is 36.0 Å². The fourth-order valence-electron chi connectivity index (χ4n) is 2.77. The first-order valence-electron chi connectivity index (χ1n) is 9.70. The number of aromatic carboxylic acids is 1. The van der Waals surface area contributed by atoms with Crippen LogP contribution in [0.25, 0.3) is 0 Å². The Balaban J connectivity index is 1.83. The average molecular weight is 478 g/mol. The molecule has 0 atom stereocenters. The Bertz CT molecular complexity index is 1090. The van der Waals surface area contributed by atoms with Crippen LogP contribution in [0, 0.1) is 0 Å². The number of aromatic nitrogens is 2. The molecule has 0 aliphatic rings. The van der Waals surface area contributed by atoms with Crippen molar-refractivity contribution in [2.75, 3.05) is 24.3 Å². The van der Waals surface area contributed by atoms with Gasteiger partial charge in [-0.3, -0.25) is 0 Å². The van der Waals surface area contributed by atoms with Gasteiger partial charge in [0.15, 0.2) is 0 Å². The molecule has 0 fully saturated rings. The van der Waals surface area contributed by atoms with E-state index in [0.717, 1.165) is 5.56 Å². The van der Waals surface area contributed by atoms with Gasteiger partial charge in [-0.1, -0.05) is 42.5 Å². The highest BCUT2D eigenvalue weighted by molar-refractivity contribution is 7.98. The van der Waals surface area contributed by atoms with Gasteiger partial charge in [0.2, 0.25) is 5.95 Å². The second kappa shape index (κ2) is 10.4. The van der Waals surface area contributed by atoms with Gasteiger partial charge in [0.05, 0.1) is 0 Å². The number of hydrogen-bond acceptors (Lipinski definition) is 7. The first-order valence-corrected chi connectivity index (χ1v) is 10.7. The van der Waals surface area contributed by atoms with Gasteiger partial charge in [0, 0.05) is 26.4 Å². The van der Waals surface area contributed by atoms with Crippen molar-refractivity contribution >= 4 is 29.5 Å². The van der Waals surface area contributed by atoms with Crippen LogP contribution in [0.1, 0.15) is 21.5 Å². The molecule has 1 heterocycles.